The van der Waals surface area contributed by atoms with Crippen molar-refractivity contribution in [2.45, 2.75) is 96.4 Å². The van der Waals surface area contributed by atoms with Crippen LogP contribution in [0.25, 0.3) is 0 Å². The number of amides is 1. The van der Waals surface area contributed by atoms with Gasteiger partial charge in [-0.3, -0.25) is 19.5 Å². The standard InChI is InChI=1S/C30H54N4O9/c1-3-5-7-11-15-33(16-12-8-6-4-2)25(35)13-9-10-14-30(34(21-28(40)41)22-29(42)43)23-31(19-26(36)37)17-18-32(24-30)20-27(38)39/h3-24H2,1-2H3,(H,36,37)(H,38,39)(H,40,41)(H,42,43)/p-4. The van der Waals surface area contributed by atoms with Gasteiger partial charge >= 0.3 is 0 Å². The van der Waals surface area contributed by atoms with Crippen molar-refractivity contribution in [3.8, 4) is 0 Å². The molecule has 1 fully saturated rings. The fraction of sp³-hybridized carbons (Fsp3) is 0.833. The maximum atomic E-state index is 13.2. The molecule has 0 bridgehead atoms. The van der Waals surface area contributed by atoms with E-state index in [1.807, 2.05) is 4.90 Å². The largest absolute Gasteiger partial charge is 0.549 e. The molecule has 1 rings (SSSR count). The first kappa shape index (κ1) is 38.3. The van der Waals surface area contributed by atoms with Crippen LogP contribution in [0.1, 0.15) is 90.9 Å². The van der Waals surface area contributed by atoms with Gasteiger partial charge in [-0.15, -0.1) is 0 Å². The first-order valence-electron chi connectivity index (χ1n) is 15.7. The van der Waals surface area contributed by atoms with Crippen molar-refractivity contribution >= 4 is 29.8 Å². The van der Waals surface area contributed by atoms with Crippen LogP contribution in [0.3, 0.4) is 0 Å². The summed E-state index contributed by atoms with van der Waals surface area (Å²) >= 11 is 0. The number of rotatable bonds is 24. The summed E-state index contributed by atoms with van der Waals surface area (Å²) in [5, 5.41) is 46.3. The van der Waals surface area contributed by atoms with Gasteiger partial charge in [-0.05, 0) is 25.7 Å². The molecule has 0 radical (unpaired) electrons. The maximum Gasteiger partial charge on any atom is 0.222 e. The lowest BCUT2D eigenvalue weighted by atomic mass is 9.88. The number of carboxylic acids is 4. The fourth-order valence-corrected chi connectivity index (χ4v) is 5.89. The van der Waals surface area contributed by atoms with E-state index in [0.717, 1.165) is 56.3 Å². The Balaban J connectivity index is 3.14. The van der Waals surface area contributed by atoms with Crippen LogP contribution >= 0.6 is 0 Å². The number of carboxylic acid groups (broad SMARTS) is 4. The van der Waals surface area contributed by atoms with Gasteiger partial charge in [0.1, 0.15) is 0 Å². The number of hydrogen-bond donors (Lipinski definition) is 0. The minimum Gasteiger partial charge on any atom is -0.549 e. The Morgan fingerprint density at radius 2 is 1.09 bits per heavy atom. The Morgan fingerprint density at radius 3 is 1.49 bits per heavy atom. The third-order valence-electron chi connectivity index (χ3n) is 7.98. The van der Waals surface area contributed by atoms with E-state index in [4.69, 9.17) is 0 Å². The van der Waals surface area contributed by atoms with Gasteiger partial charge in [-0.1, -0.05) is 58.8 Å². The Morgan fingerprint density at radius 1 is 0.628 bits per heavy atom. The van der Waals surface area contributed by atoms with Gasteiger partial charge in [-0.2, -0.15) is 0 Å². The molecule has 248 valence electrons. The van der Waals surface area contributed by atoms with Crippen molar-refractivity contribution in [2.24, 2.45) is 0 Å². The highest BCUT2D eigenvalue weighted by atomic mass is 16.4. The van der Waals surface area contributed by atoms with E-state index in [1.165, 1.54) is 9.80 Å². The van der Waals surface area contributed by atoms with Crippen LogP contribution in [0.4, 0.5) is 0 Å². The molecule has 43 heavy (non-hydrogen) atoms. The molecule has 0 N–H and O–H groups in total. The number of aliphatic carboxylic acids is 4. The Labute approximate surface area is 255 Å². The lowest BCUT2D eigenvalue weighted by Gasteiger charge is -2.47. The molecule has 0 spiro atoms. The summed E-state index contributed by atoms with van der Waals surface area (Å²) in [5.41, 5.74) is -1.29. The monoisotopic (exact) mass is 610 g/mol. The zero-order valence-electron chi connectivity index (χ0n) is 26.0. The van der Waals surface area contributed by atoms with Crippen molar-refractivity contribution in [1.29, 1.82) is 0 Å². The van der Waals surface area contributed by atoms with Crippen LogP contribution in [0, 0.1) is 0 Å². The predicted molar refractivity (Wildman–Crippen MR) is 151 cm³/mol. The summed E-state index contributed by atoms with van der Waals surface area (Å²) in [7, 11) is 0. The quantitative estimate of drug-likeness (QED) is 0.102. The highest BCUT2D eigenvalue weighted by Crippen LogP contribution is 2.28. The summed E-state index contributed by atoms with van der Waals surface area (Å²) in [4.78, 5) is 65.5. The molecule has 1 saturated heterocycles. The molecule has 13 nitrogen and oxygen atoms in total. The van der Waals surface area contributed by atoms with E-state index >= 15 is 0 Å². The van der Waals surface area contributed by atoms with Crippen molar-refractivity contribution in [1.82, 2.24) is 19.6 Å². The normalized spacial score (nSPS) is 15.7. The zero-order valence-corrected chi connectivity index (χ0v) is 26.0. The second-order valence-corrected chi connectivity index (χ2v) is 11.7. The molecule has 1 amide bonds. The maximum absolute atomic E-state index is 13.2. The van der Waals surface area contributed by atoms with E-state index < -0.39 is 55.6 Å². The second kappa shape index (κ2) is 21.0. The van der Waals surface area contributed by atoms with E-state index in [2.05, 4.69) is 13.8 Å². The van der Waals surface area contributed by atoms with Gasteiger partial charge in [0.05, 0.1) is 23.9 Å². The third kappa shape index (κ3) is 16.0. The average Bonchev–Trinajstić information content (AvgIpc) is 3.08. The molecule has 13 heteroatoms. The second-order valence-electron chi connectivity index (χ2n) is 11.7. The van der Waals surface area contributed by atoms with Gasteiger partial charge < -0.3 is 44.5 Å². The van der Waals surface area contributed by atoms with Crippen molar-refractivity contribution in [3.05, 3.63) is 0 Å². The molecule has 0 aliphatic carbocycles. The Hall–Kier alpha value is -2.77. The molecule has 1 aliphatic heterocycles. The minimum atomic E-state index is -1.54. The molecular weight excluding hydrogens is 560 g/mol. The van der Waals surface area contributed by atoms with Gasteiger partial charge in [0.25, 0.3) is 0 Å². The summed E-state index contributed by atoms with van der Waals surface area (Å²) in [5.74, 6) is -5.81. The van der Waals surface area contributed by atoms with Crippen LogP contribution < -0.4 is 20.4 Å². The first-order valence-corrected chi connectivity index (χ1v) is 15.7. The number of carbonyl (C=O) groups is 5. The summed E-state index contributed by atoms with van der Waals surface area (Å²) in [6.07, 6.45) is 9.64. The van der Waals surface area contributed by atoms with Crippen LogP contribution in [-0.2, 0) is 24.0 Å². The SMILES string of the molecule is CCCCCCN(CCCCCC)C(=O)CCCCC1(N(CC(=O)[O-])CC(=O)[O-])CN(CC(=O)[O-])CCN(CC(=O)[O-])C1. The predicted octanol–water partition coefficient (Wildman–Crippen LogP) is -2.81. The Bertz CT molecular complexity index is 832. The highest BCUT2D eigenvalue weighted by Gasteiger charge is 2.41. The van der Waals surface area contributed by atoms with Crippen molar-refractivity contribution in [2.75, 3.05) is 65.4 Å². The van der Waals surface area contributed by atoms with E-state index in [0.29, 0.717) is 25.9 Å². The minimum absolute atomic E-state index is 0.0291. The van der Waals surface area contributed by atoms with Crippen LogP contribution in [0.5, 0.6) is 0 Å². The lowest BCUT2D eigenvalue weighted by Crippen LogP contribution is -2.64. The van der Waals surface area contributed by atoms with Gasteiger partial charge in [0, 0.05) is 77.4 Å². The molecule has 1 aliphatic rings. The number of carbonyl (C=O) groups excluding carboxylic acids is 5. The number of unbranched alkanes of at least 4 members (excludes halogenated alkanes) is 7. The van der Waals surface area contributed by atoms with Crippen molar-refractivity contribution in [3.63, 3.8) is 0 Å². The molecule has 0 aromatic heterocycles. The molecular formula is C30H50N4O9-4. The zero-order chi connectivity index (χ0) is 32.3. The molecule has 1 heterocycles. The van der Waals surface area contributed by atoms with E-state index in [1.54, 1.807) is 0 Å². The van der Waals surface area contributed by atoms with Gasteiger partial charge in [0.15, 0.2) is 0 Å². The lowest BCUT2D eigenvalue weighted by molar-refractivity contribution is -0.314. The fourth-order valence-electron chi connectivity index (χ4n) is 5.89. The highest BCUT2D eigenvalue weighted by molar-refractivity contribution is 5.76. The van der Waals surface area contributed by atoms with Crippen LogP contribution in [0.2, 0.25) is 0 Å². The molecule has 0 aromatic carbocycles. The van der Waals surface area contributed by atoms with Crippen LogP contribution in [0.15, 0.2) is 0 Å². The van der Waals surface area contributed by atoms with Gasteiger partial charge in [0.2, 0.25) is 5.91 Å². The summed E-state index contributed by atoms with van der Waals surface area (Å²) in [6.45, 7) is 3.23. The van der Waals surface area contributed by atoms with Crippen molar-refractivity contribution < 1.29 is 44.4 Å². The average molecular weight is 611 g/mol. The van der Waals surface area contributed by atoms with E-state index in [-0.39, 0.29) is 44.9 Å². The van der Waals surface area contributed by atoms with E-state index in [9.17, 15) is 44.4 Å². The summed E-state index contributed by atoms with van der Waals surface area (Å²) < 4.78 is 0. The molecule has 0 atom stereocenters. The van der Waals surface area contributed by atoms with Crippen LogP contribution in [-0.4, -0.2) is 120 Å². The summed E-state index contributed by atoms with van der Waals surface area (Å²) in [6, 6.07) is 0. The smallest absolute Gasteiger partial charge is 0.222 e. The van der Waals surface area contributed by atoms with Gasteiger partial charge in [-0.25, -0.2) is 0 Å². The Kier molecular flexibility index (Phi) is 18.7. The number of nitrogens with zero attached hydrogens (tertiary/aromatic N) is 4. The molecule has 0 aromatic rings. The first-order chi connectivity index (χ1) is 20.4. The molecule has 0 unspecified atom stereocenters. The molecule has 0 saturated carbocycles. The number of hydrogen-bond acceptors (Lipinski definition) is 12. The topological polar surface area (TPSA) is 191 Å². The third-order valence-corrected chi connectivity index (χ3v) is 7.98.